The zero-order chi connectivity index (χ0) is 20.6. The van der Waals surface area contributed by atoms with E-state index >= 15 is 0 Å². The van der Waals surface area contributed by atoms with Crippen molar-refractivity contribution in [2.75, 3.05) is 52.4 Å². The number of rotatable bonds is 7. The molecule has 0 atom stereocenters. The Hall–Kier alpha value is -2.37. The number of para-hydroxylation sites is 1. The molecule has 0 unspecified atom stereocenters. The number of carbonyl (C=O) groups is 1. The minimum atomic E-state index is 0.0986. The second-order valence-corrected chi connectivity index (χ2v) is 8.33. The van der Waals surface area contributed by atoms with Gasteiger partial charge < -0.3 is 14.5 Å². The lowest BCUT2D eigenvalue weighted by Gasteiger charge is -2.35. The highest BCUT2D eigenvalue weighted by Crippen LogP contribution is 2.22. The Morgan fingerprint density at radius 3 is 2.13 bits per heavy atom. The molecule has 0 radical (unpaired) electrons. The molecule has 2 aromatic rings. The summed E-state index contributed by atoms with van der Waals surface area (Å²) in [7, 11) is 0. The molecule has 0 aromatic heterocycles. The molecule has 160 valence electrons. The van der Waals surface area contributed by atoms with E-state index in [1.807, 2.05) is 59.5 Å². The van der Waals surface area contributed by atoms with Crippen LogP contribution in [0.15, 0.2) is 54.6 Å². The molecule has 2 aliphatic heterocycles. The summed E-state index contributed by atoms with van der Waals surface area (Å²) in [6, 6.07) is 17.2. The molecule has 0 aliphatic carbocycles. The second kappa shape index (κ2) is 10.6. The largest absolute Gasteiger partial charge is 0.457 e. The number of ether oxygens (including phenoxy) is 1. The van der Waals surface area contributed by atoms with Crippen molar-refractivity contribution >= 4 is 5.91 Å². The van der Waals surface area contributed by atoms with Gasteiger partial charge in [-0.3, -0.25) is 9.69 Å². The van der Waals surface area contributed by atoms with Crippen molar-refractivity contribution in [3.63, 3.8) is 0 Å². The SMILES string of the molecule is O=C(c1cccc(Oc2ccccc2)c1)N1CCN(CCCN2CCCCC2)CC1. The van der Waals surface area contributed by atoms with Gasteiger partial charge in [-0.25, -0.2) is 0 Å². The Bertz CT molecular complexity index is 797. The highest BCUT2D eigenvalue weighted by molar-refractivity contribution is 5.94. The van der Waals surface area contributed by atoms with E-state index in [9.17, 15) is 4.79 Å². The third-order valence-corrected chi connectivity index (χ3v) is 6.12. The first kappa shape index (κ1) is 20.9. The summed E-state index contributed by atoms with van der Waals surface area (Å²) in [4.78, 5) is 20.1. The number of piperidine rings is 1. The van der Waals surface area contributed by atoms with Gasteiger partial charge in [0.1, 0.15) is 11.5 Å². The van der Waals surface area contributed by atoms with E-state index in [4.69, 9.17) is 4.74 Å². The fourth-order valence-electron chi connectivity index (χ4n) is 4.38. The molecule has 0 N–H and O–H groups in total. The smallest absolute Gasteiger partial charge is 0.254 e. The minimum Gasteiger partial charge on any atom is -0.457 e. The van der Waals surface area contributed by atoms with Crippen LogP contribution in [-0.2, 0) is 0 Å². The highest BCUT2D eigenvalue weighted by atomic mass is 16.5. The van der Waals surface area contributed by atoms with Gasteiger partial charge in [-0.2, -0.15) is 0 Å². The first-order valence-corrected chi connectivity index (χ1v) is 11.3. The summed E-state index contributed by atoms with van der Waals surface area (Å²) >= 11 is 0. The fraction of sp³-hybridized carbons (Fsp3) is 0.480. The molecular formula is C25H33N3O2. The quantitative estimate of drug-likeness (QED) is 0.692. The van der Waals surface area contributed by atoms with Gasteiger partial charge in [0.2, 0.25) is 0 Å². The molecule has 2 heterocycles. The molecule has 5 nitrogen and oxygen atoms in total. The van der Waals surface area contributed by atoms with E-state index in [-0.39, 0.29) is 5.91 Å². The number of amides is 1. The highest BCUT2D eigenvalue weighted by Gasteiger charge is 2.22. The van der Waals surface area contributed by atoms with Crippen LogP contribution in [0.5, 0.6) is 11.5 Å². The monoisotopic (exact) mass is 407 g/mol. The molecule has 1 amide bonds. The lowest BCUT2D eigenvalue weighted by molar-refractivity contribution is 0.0630. The lowest BCUT2D eigenvalue weighted by atomic mass is 10.1. The number of carbonyl (C=O) groups excluding carboxylic acids is 1. The number of benzene rings is 2. The molecule has 0 bridgehead atoms. The molecule has 4 rings (SSSR count). The summed E-state index contributed by atoms with van der Waals surface area (Å²) in [6.07, 6.45) is 5.34. The van der Waals surface area contributed by atoms with Crippen LogP contribution < -0.4 is 4.74 Å². The van der Waals surface area contributed by atoms with Crippen LogP contribution >= 0.6 is 0 Å². The van der Waals surface area contributed by atoms with Crippen molar-refractivity contribution in [1.82, 2.24) is 14.7 Å². The van der Waals surface area contributed by atoms with Gasteiger partial charge in [0, 0.05) is 31.7 Å². The van der Waals surface area contributed by atoms with Crippen molar-refractivity contribution in [2.45, 2.75) is 25.7 Å². The van der Waals surface area contributed by atoms with Crippen LogP contribution in [0.4, 0.5) is 0 Å². The van der Waals surface area contributed by atoms with Gasteiger partial charge in [0.15, 0.2) is 0 Å². The lowest BCUT2D eigenvalue weighted by Crippen LogP contribution is -2.49. The molecule has 2 fully saturated rings. The summed E-state index contributed by atoms with van der Waals surface area (Å²) in [6.45, 7) is 8.42. The standard InChI is InChI=1S/C25H33N3O2/c29-25(22-9-7-12-24(21-22)30-23-10-3-1-4-11-23)28-19-17-27(18-20-28)16-8-15-26-13-5-2-6-14-26/h1,3-4,7,9-12,21H,2,5-6,8,13-20H2. The van der Waals surface area contributed by atoms with E-state index in [2.05, 4.69) is 9.80 Å². The van der Waals surface area contributed by atoms with Crippen molar-refractivity contribution in [2.24, 2.45) is 0 Å². The van der Waals surface area contributed by atoms with E-state index in [1.165, 1.54) is 45.3 Å². The van der Waals surface area contributed by atoms with Crippen LogP contribution in [0.3, 0.4) is 0 Å². The molecule has 2 saturated heterocycles. The van der Waals surface area contributed by atoms with E-state index in [0.29, 0.717) is 11.3 Å². The Balaban J connectivity index is 1.23. The normalized spacial score (nSPS) is 18.3. The van der Waals surface area contributed by atoms with Crippen LogP contribution in [-0.4, -0.2) is 73.0 Å². The number of likely N-dealkylation sites (tertiary alicyclic amines) is 1. The zero-order valence-electron chi connectivity index (χ0n) is 17.8. The maximum atomic E-state index is 13.0. The topological polar surface area (TPSA) is 36.0 Å². The van der Waals surface area contributed by atoms with Gasteiger partial charge in [-0.15, -0.1) is 0 Å². The van der Waals surface area contributed by atoms with E-state index in [0.717, 1.165) is 38.5 Å². The average Bonchev–Trinajstić information content (AvgIpc) is 2.81. The summed E-state index contributed by atoms with van der Waals surface area (Å²) < 4.78 is 5.88. The van der Waals surface area contributed by atoms with Crippen LogP contribution in [0.25, 0.3) is 0 Å². The van der Waals surface area contributed by atoms with Crippen LogP contribution in [0.2, 0.25) is 0 Å². The number of hydrogen-bond acceptors (Lipinski definition) is 4. The summed E-state index contributed by atoms with van der Waals surface area (Å²) in [5, 5.41) is 0. The number of hydrogen-bond donors (Lipinski definition) is 0. The molecular weight excluding hydrogens is 374 g/mol. The van der Waals surface area contributed by atoms with Crippen molar-refractivity contribution in [3.05, 3.63) is 60.2 Å². The Morgan fingerprint density at radius 2 is 1.40 bits per heavy atom. The molecule has 2 aromatic carbocycles. The zero-order valence-corrected chi connectivity index (χ0v) is 17.8. The first-order valence-electron chi connectivity index (χ1n) is 11.3. The Morgan fingerprint density at radius 1 is 0.733 bits per heavy atom. The fourth-order valence-corrected chi connectivity index (χ4v) is 4.38. The molecule has 5 heteroatoms. The van der Waals surface area contributed by atoms with E-state index in [1.54, 1.807) is 0 Å². The number of piperazine rings is 1. The predicted molar refractivity (Wildman–Crippen MR) is 120 cm³/mol. The van der Waals surface area contributed by atoms with Gasteiger partial charge in [0.05, 0.1) is 0 Å². The van der Waals surface area contributed by atoms with E-state index < -0.39 is 0 Å². The average molecular weight is 408 g/mol. The van der Waals surface area contributed by atoms with Crippen LogP contribution in [0, 0.1) is 0 Å². The van der Waals surface area contributed by atoms with Gasteiger partial charge in [0.25, 0.3) is 5.91 Å². The van der Waals surface area contributed by atoms with Crippen molar-refractivity contribution < 1.29 is 9.53 Å². The maximum Gasteiger partial charge on any atom is 0.254 e. The van der Waals surface area contributed by atoms with Gasteiger partial charge >= 0.3 is 0 Å². The molecule has 0 spiro atoms. The molecule has 0 saturated carbocycles. The molecule has 30 heavy (non-hydrogen) atoms. The minimum absolute atomic E-state index is 0.0986. The van der Waals surface area contributed by atoms with Crippen molar-refractivity contribution in [1.29, 1.82) is 0 Å². The third kappa shape index (κ3) is 5.83. The second-order valence-electron chi connectivity index (χ2n) is 8.33. The Labute approximate surface area is 180 Å². The van der Waals surface area contributed by atoms with Gasteiger partial charge in [-0.05, 0) is 75.8 Å². The predicted octanol–water partition coefficient (Wildman–Crippen LogP) is 4.11. The molecule has 2 aliphatic rings. The number of nitrogens with zero attached hydrogens (tertiary/aromatic N) is 3. The maximum absolute atomic E-state index is 13.0. The summed E-state index contributed by atoms with van der Waals surface area (Å²) in [5.41, 5.74) is 0.696. The first-order chi connectivity index (χ1) is 14.8. The summed E-state index contributed by atoms with van der Waals surface area (Å²) in [5.74, 6) is 1.57. The van der Waals surface area contributed by atoms with Crippen molar-refractivity contribution in [3.8, 4) is 11.5 Å². The van der Waals surface area contributed by atoms with Crippen LogP contribution in [0.1, 0.15) is 36.0 Å². The Kier molecular flexibility index (Phi) is 7.38. The van der Waals surface area contributed by atoms with Gasteiger partial charge in [-0.1, -0.05) is 30.7 Å². The third-order valence-electron chi connectivity index (χ3n) is 6.12.